The van der Waals surface area contributed by atoms with E-state index in [9.17, 15) is 9.59 Å². The summed E-state index contributed by atoms with van der Waals surface area (Å²) in [6.45, 7) is 3.21. The van der Waals surface area contributed by atoms with Crippen LogP contribution in [0.4, 0.5) is 5.00 Å². The molecular formula is C15H22N2O3S. The Balaban J connectivity index is 1.96. The zero-order valence-electron chi connectivity index (χ0n) is 12.8. The van der Waals surface area contributed by atoms with Crippen molar-refractivity contribution >= 4 is 28.2 Å². The van der Waals surface area contributed by atoms with E-state index in [0.717, 1.165) is 29.8 Å². The van der Waals surface area contributed by atoms with E-state index < -0.39 is 0 Å². The Morgan fingerprint density at radius 2 is 2.19 bits per heavy atom. The van der Waals surface area contributed by atoms with Gasteiger partial charge in [0.1, 0.15) is 0 Å². The molecule has 2 rings (SSSR count). The first-order chi connectivity index (χ1) is 10.0. The first-order valence-electron chi connectivity index (χ1n) is 7.18. The topological polar surface area (TPSA) is 58.6 Å². The van der Waals surface area contributed by atoms with Crippen LogP contribution in [-0.2, 0) is 9.53 Å². The minimum atomic E-state index is 0.000485. The molecule has 0 aliphatic heterocycles. The smallest absolute Gasteiger partial charge is 0.264 e. The van der Waals surface area contributed by atoms with Crippen LogP contribution in [0.25, 0.3) is 0 Å². The van der Waals surface area contributed by atoms with Crippen molar-refractivity contribution < 1.29 is 14.3 Å². The van der Waals surface area contributed by atoms with Gasteiger partial charge in [-0.15, -0.1) is 11.3 Å². The highest BCUT2D eigenvalue weighted by atomic mass is 32.1. The van der Waals surface area contributed by atoms with Crippen LogP contribution in [0.15, 0.2) is 6.07 Å². The quantitative estimate of drug-likeness (QED) is 0.787. The Bertz CT molecular complexity index is 523. The van der Waals surface area contributed by atoms with Crippen molar-refractivity contribution in [2.24, 2.45) is 5.92 Å². The first-order valence-corrected chi connectivity index (χ1v) is 8.00. The Hall–Kier alpha value is -1.40. The minimum Gasteiger partial charge on any atom is -0.385 e. The number of hydrogen-bond donors (Lipinski definition) is 1. The van der Waals surface area contributed by atoms with Crippen LogP contribution in [0, 0.1) is 12.8 Å². The van der Waals surface area contributed by atoms with Crippen LogP contribution in [0.5, 0.6) is 0 Å². The van der Waals surface area contributed by atoms with Gasteiger partial charge in [0.15, 0.2) is 0 Å². The highest BCUT2D eigenvalue weighted by Gasteiger charge is 2.30. The summed E-state index contributed by atoms with van der Waals surface area (Å²) < 4.78 is 4.99. The van der Waals surface area contributed by atoms with Gasteiger partial charge in [-0.25, -0.2) is 0 Å². The molecule has 5 nitrogen and oxygen atoms in total. The molecule has 1 aliphatic rings. The summed E-state index contributed by atoms with van der Waals surface area (Å²) in [4.78, 5) is 26.5. The molecule has 0 radical (unpaired) electrons. The summed E-state index contributed by atoms with van der Waals surface area (Å²) in [6, 6.07) is 1.88. The number of amides is 2. The lowest BCUT2D eigenvalue weighted by Crippen LogP contribution is -2.28. The lowest BCUT2D eigenvalue weighted by Gasteiger charge is -2.16. The minimum absolute atomic E-state index is 0.000485. The standard InChI is InChI=1S/C15H22N2O3S/c1-10-9-12(16-14(18)11-5-6-11)21-13(10)15(19)17(2)7-4-8-20-3/h9,11H,4-8H2,1-3H3,(H,16,18). The van der Waals surface area contributed by atoms with Gasteiger partial charge >= 0.3 is 0 Å². The number of aryl methyl sites for hydroxylation is 1. The second kappa shape index (κ2) is 7.04. The molecule has 116 valence electrons. The summed E-state index contributed by atoms with van der Waals surface area (Å²) in [5.41, 5.74) is 0.912. The van der Waals surface area contributed by atoms with E-state index in [2.05, 4.69) is 5.32 Å². The average Bonchev–Trinajstić information content (AvgIpc) is 3.23. The molecule has 0 spiro atoms. The molecular weight excluding hydrogens is 288 g/mol. The van der Waals surface area contributed by atoms with Gasteiger partial charge in [-0.3, -0.25) is 9.59 Å². The maximum absolute atomic E-state index is 12.4. The van der Waals surface area contributed by atoms with Crippen molar-refractivity contribution in [2.75, 3.05) is 32.6 Å². The van der Waals surface area contributed by atoms with Gasteiger partial charge < -0.3 is 15.0 Å². The van der Waals surface area contributed by atoms with Gasteiger partial charge in [0.25, 0.3) is 5.91 Å². The third-order valence-electron chi connectivity index (χ3n) is 3.50. The summed E-state index contributed by atoms with van der Waals surface area (Å²) in [6.07, 6.45) is 2.77. The summed E-state index contributed by atoms with van der Waals surface area (Å²) in [5.74, 6) is 0.243. The molecule has 0 unspecified atom stereocenters. The number of carbonyl (C=O) groups is 2. The summed E-state index contributed by atoms with van der Waals surface area (Å²) >= 11 is 1.35. The average molecular weight is 310 g/mol. The zero-order chi connectivity index (χ0) is 15.4. The van der Waals surface area contributed by atoms with Crippen molar-refractivity contribution in [2.45, 2.75) is 26.2 Å². The largest absolute Gasteiger partial charge is 0.385 e. The molecule has 0 saturated heterocycles. The molecule has 1 N–H and O–H groups in total. The van der Waals surface area contributed by atoms with Crippen molar-refractivity contribution in [1.82, 2.24) is 4.90 Å². The van der Waals surface area contributed by atoms with Crippen LogP contribution in [0.1, 0.15) is 34.5 Å². The Morgan fingerprint density at radius 1 is 1.48 bits per heavy atom. The van der Waals surface area contributed by atoms with Crippen LogP contribution < -0.4 is 5.32 Å². The number of hydrogen-bond acceptors (Lipinski definition) is 4. The second-order valence-electron chi connectivity index (χ2n) is 5.46. The molecule has 1 saturated carbocycles. The highest BCUT2D eigenvalue weighted by Crippen LogP contribution is 2.33. The molecule has 6 heteroatoms. The molecule has 2 amide bonds. The van der Waals surface area contributed by atoms with Crippen molar-refractivity contribution in [3.63, 3.8) is 0 Å². The summed E-state index contributed by atoms with van der Waals surface area (Å²) in [7, 11) is 3.44. The van der Waals surface area contributed by atoms with E-state index in [0.29, 0.717) is 18.0 Å². The molecule has 21 heavy (non-hydrogen) atoms. The van der Waals surface area contributed by atoms with Crippen molar-refractivity contribution in [1.29, 1.82) is 0 Å². The van der Waals surface area contributed by atoms with Crippen LogP contribution >= 0.6 is 11.3 Å². The fourth-order valence-electron chi connectivity index (χ4n) is 2.05. The Kier molecular flexibility index (Phi) is 5.36. The van der Waals surface area contributed by atoms with Crippen LogP contribution in [-0.4, -0.2) is 44.0 Å². The maximum atomic E-state index is 12.4. The van der Waals surface area contributed by atoms with Gasteiger partial charge in [-0.05, 0) is 37.8 Å². The number of methoxy groups -OCH3 is 1. The third kappa shape index (κ3) is 4.28. The normalized spacial score (nSPS) is 14.0. The number of rotatable bonds is 7. The number of nitrogens with one attached hydrogen (secondary N) is 1. The molecule has 0 atom stereocenters. The van der Waals surface area contributed by atoms with E-state index in [1.807, 2.05) is 13.0 Å². The molecule has 0 aromatic carbocycles. The molecule has 1 fully saturated rings. The predicted octanol–water partition coefficient (Wildman–Crippen LogP) is 2.51. The predicted molar refractivity (Wildman–Crippen MR) is 83.9 cm³/mol. The second-order valence-corrected chi connectivity index (χ2v) is 6.51. The number of carbonyl (C=O) groups excluding carboxylic acids is 2. The van der Waals surface area contributed by atoms with Crippen molar-refractivity contribution in [3.05, 3.63) is 16.5 Å². The van der Waals surface area contributed by atoms with E-state index in [1.54, 1.807) is 19.1 Å². The van der Waals surface area contributed by atoms with Gasteiger partial charge in [0, 0.05) is 33.2 Å². The fraction of sp³-hybridized carbons (Fsp3) is 0.600. The van der Waals surface area contributed by atoms with Gasteiger partial charge in [-0.1, -0.05) is 0 Å². The first kappa shape index (κ1) is 16.0. The number of nitrogens with zero attached hydrogens (tertiary/aromatic N) is 1. The van der Waals surface area contributed by atoms with Crippen LogP contribution in [0.3, 0.4) is 0 Å². The fourth-order valence-corrected chi connectivity index (χ4v) is 3.12. The Labute approximate surface area is 129 Å². The maximum Gasteiger partial charge on any atom is 0.264 e. The van der Waals surface area contributed by atoms with Gasteiger partial charge in [0.2, 0.25) is 5.91 Å². The number of anilines is 1. The lowest BCUT2D eigenvalue weighted by molar-refractivity contribution is -0.117. The lowest BCUT2D eigenvalue weighted by atomic mass is 10.2. The Morgan fingerprint density at radius 3 is 2.81 bits per heavy atom. The summed E-state index contributed by atoms with van der Waals surface area (Å²) in [5, 5.41) is 3.66. The molecule has 0 bridgehead atoms. The monoisotopic (exact) mass is 310 g/mol. The molecule has 1 heterocycles. The number of thiophene rings is 1. The van der Waals surface area contributed by atoms with E-state index in [1.165, 1.54) is 11.3 Å². The molecule has 1 aliphatic carbocycles. The van der Waals surface area contributed by atoms with Crippen molar-refractivity contribution in [3.8, 4) is 0 Å². The molecule has 1 aromatic heterocycles. The number of ether oxygens (including phenoxy) is 1. The van der Waals surface area contributed by atoms with E-state index in [-0.39, 0.29) is 17.7 Å². The van der Waals surface area contributed by atoms with Gasteiger partial charge in [0.05, 0.1) is 9.88 Å². The highest BCUT2D eigenvalue weighted by molar-refractivity contribution is 7.18. The van der Waals surface area contributed by atoms with E-state index in [4.69, 9.17) is 4.74 Å². The molecule has 1 aromatic rings. The SMILES string of the molecule is COCCCN(C)C(=O)c1sc(NC(=O)C2CC2)cc1C. The third-order valence-corrected chi connectivity index (χ3v) is 4.64. The van der Waals surface area contributed by atoms with Crippen LogP contribution in [0.2, 0.25) is 0 Å². The zero-order valence-corrected chi connectivity index (χ0v) is 13.6. The van der Waals surface area contributed by atoms with E-state index >= 15 is 0 Å². The van der Waals surface area contributed by atoms with Gasteiger partial charge in [-0.2, -0.15) is 0 Å².